The first-order valence-corrected chi connectivity index (χ1v) is 10.9. The molecule has 0 saturated heterocycles. The summed E-state index contributed by atoms with van der Waals surface area (Å²) >= 11 is 6.68. The van der Waals surface area contributed by atoms with Gasteiger partial charge in [-0.05, 0) is 64.0 Å². The molecule has 0 N–H and O–H groups in total. The number of imidazole rings is 2. The largest absolute Gasteiger partial charge is 0.337 e. The van der Waals surface area contributed by atoms with Gasteiger partial charge in [0.2, 0.25) is 5.78 Å². The highest BCUT2D eigenvalue weighted by atomic mass is 35.5. The molecule has 0 aliphatic heterocycles. The van der Waals surface area contributed by atoms with Crippen LogP contribution in [-0.4, -0.2) is 37.8 Å². The molecule has 1 saturated carbocycles. The van der Waals surface area contributed by atoms with Crippen molar-refractivity contribution in [3.63, 3.8) is 0 Å². The normalized spacial score (nSPS) is 14.0. The van der Waals surface area contributed by atoms with Crippen LogP contribution in [0.1, 0.15) is 59.6 Å². The average molecular weight is 413 g/mol. The number of amides is 1. The fourth-order valence-corrected chi connectivity index (χ4v) is 4.59. The Labute approximate surface area is 177 Å². The Balaban J connectivity index is 1.88. The van der Waals surface area contributed by atoms with Gasteiger partial charge >= 0.3 is 0 Å². The van der Waals surface area contributed by atoms with Crippen LogP contribution in [0.25, 0.3) is 11.5 Å². The topological polar surface area (TPSA) is 42.5 Å². The predicted molar refractivity (Wildman–Crippen MR) is 117 cm³/mol. The van der Waals surface area contributed by atoms with E-state index in [1.165, 1.54) is 18.4 Å². The molecule has 4 rings (SSSR count). The molecule has 3 aromatic rings. The second-order valence-corrected chi connectivity index (χ2v) is 8.64. The fourth-order valence-electron chi connectivity index (χ4n) is 4.33. The quantitative estimate of drug-likeness (QED) is 0.562. The molecule has 2 heterocycles. The first kappa shape index (κ1) is 20.0. The number of nitrogens with zero attached hydrogens (tertiary/aromatic N) is 4. The zero-order valence-electron chi connectivity index (χ0n) is 17.9. The van der Waals surface area contributed by atoms with Crippen molar-refractivity contribution in [3.05, 3.63) is 51.6 Å². The van der Waals surface area contributed by atoms with Gasteiger partial charge in [-0.3, -0.25) is 13.8 Å². The summed E-state index contributed by atoms with van der Waals surface area (Å²) in [7, 11) is 0. The fraction of sp³-hybridized carbons (Fsp3) is 0.478. The van der Waals surface area contributed by atoms with E-state index in [2.05, 4.69) is 32.9 Å². The van der Waals surface area contributed by atoms with E-state index in [1.807, 2.05) is 33.9 Å². The predicted octanol–water partition coefficient (Wildman–Crippen LogP) is 5.14. The van der Waals surface area contributed by atoms with E-state index in [-0.39, 0.29) is 5.91 Å². The number of aryl methyl sites for hydroxylation is 4. The molecule has 1 aliphatic carbocycles. The Morgan fingerprint density at radius 1 is 1.21 bits per heavy atom. The number of fused-ring (bicyclic) bond motifs is 1. The Hall–Kier alpha value is -2.27. The number of benzene rings is 1. The highest BCUT2D eigenvalue weighted by molar-refractivity contribution is 6.30. The Morgan fingerprint density at radius 2 is 1.86 bits per heavy atom. The van der Waals surface area contributed by atoms with Crippen LogP contribution in [0.4, 0.5) is 0 Å². The Morgan fingerprint density at radius 3 is 2.41 bits per heavy atom. The van der Waals surface area contributed by atoms with Crippen LogP contribution in [0.2, 0.25) is 5.15 Å². The molecule has 154 valence electrons. The lowest BCUT2D eigenvalue weighted by Gasteiger charge is -2.20. The van der Waals surface area contributed by atoms with E-state index < -0.39 is 0 Å². The van der Waals surface area contributed by atoms with Crippen LogP contribution >= 0.6 is 11.6 Å². The molecular formula is C23H29ClN4O. The molecular weight excluding hydrogens is 384 g/mol. The molecule has 0 unspecified atom stereocenters. The number of aromatic nitrogens is 3. The minimum Gasteiger partial charge on any atom is -0.337 e. The van der Waals surface area contributed by atoms with Crippen molar-refractivity contribution in [2.45, 2.75) is 53.9 Å². The van der Waals surface area contributed by atoms with E-state index in [4.69, 9.17) is 16.6 Å². The number of carbonyl (C=O) groups excluding carboxylic acids is 1. The maximum Gasteiger partial charge on any atom is 0.272 e. The molecule has 1 amide bonds. The summed E-state index contributed by atoms with van der Waals surface area (Å²) in [5.74, 6) is 1.40. The van der Waals surface area contributed by atoms with Gasteiger partial charge in [-0.1, -0.05) is 36.2 Å². The highest BCUT2D eigenvalue weighted by Gasteiger charge is 2.30. The highest BCUT2D eigenvalue weighted by Crippen LogP contribution is 2.32. The van der Waals surface area contributed by atoms with Crippen molar-refractivity contribution in [2.24, 2.45) is 5.92 Å². The second-order valence-electron chi connectivity index (χ2n) is 8.25. The number of halogens is 1. The molecule has 1 fully saturated rings. The zero-order valence-corrected chi connectivity index (χ0v) is 18.7. The number of hydrogen-bond acceptors (Lipinski definition) is 2. The lowest BCUT2D eigenvalue weighted by Crippen LogP contribution is -2.34. The van der Waals surface area contributed by atoms with Gasteiger partial charge in [0.25, 0.3) is 5.91 Å². The zero-order chi connectivity index (χ0) is 20.9. The van der Waals surface area contributed by atoms with Crippen LogP contribution in [0.3, 0.4) is 0 Å². The molecule has 1 aliphatic rings. The van der Waals surface area contributed by atoms with Gasteiger partial charge in [0.05, 0.1) is 11.4 Å². The first-order chi connectivity index (χ1) is 13.8. The molecule has 0 radical (unpaired) electrons. The monoisotopic (exact) mass is 412 g/mol. The smallest absolute Gasteiger partial charge is 0.272 e. The summed E-state index contributed by atoms with van der Waals surface area (Å²) in [6, 6.07) is 4.30. The van der Waals surface area contributed by atoms with Gasteiger partial charge in [-0.15, -0.1) is 0 Å². The third-order valence-electron chi connectivity index (χ3n) is 5.85. The summed E-state index contributed by atoms with van der Waals surface area (Å²) < 4.78 is 3.86. The molecule has 6 heteroatoms. The van der Waals surface area contributed by atoms with Crippen LogP contribution < -0.4 is 0 Å². The van der Waals surface area contributed by atoms with Crippen LogP contribution in [0.15, 0.2) is 18.3 Å². The number of carbonyl (C=O) groups is 1. The van der Waals surface area contributed by atoms with Gasteiger partial charge in [-0.2, -0.15) is 0 Å². The van der Waals surface area contributed by atoms with Gasteiger partial charge in [0, 0.05) is 19.3 Å². The summed E-state index contributed by atoms with van der Waals surface area (Å²) in [5.41, 5.74) is 6.00. The van der Waals surface area contributed by atoms with Crippen molar-refractivity contribution in [3.8, 4) is 5.69 Å². The molecule has 1 aromatic carbocycles. The lowest BCUT2D eigenvalue weighted by atomic mass is 10.1. The van der Waals surface area contributed by atoms with E-state index in [0.717, 1.165) is 29.1 Å². The van der Waals surface area contributed by atoms with Gasteiger partial charge in [0.1, 0.15) is 10.8 Å². The van der Waals surface area contributed by atoms with Crippen molar-refractivity contribution in [1.82, 2.24) is 18.9 Å². The molecule has 0 bridgehead atoms. The van der Waals surface area contributed by atoms with Crippen LogP contribution in [0, 0.1) is 26.7 Å². The third-order valence-corrected chi connectivity index (χ3v) is 6.12. The molecule has 5 nitrogen and oxygen atoms in total. The minimum absolute atomic E-state index is 0.0508. The third kappa shape index (κ3) is 3.46. The van der Waals surface area contributed by atoms with E-state index in [1.54, 1.807) is 0 Å². The number of rotatable bonds is 6. The van der Waals surface area contributed by atoms with Crippen LogP contribution in [-0.2, 0) is 6.42 Å². The molecule has 0 spiro atoms. The first-order valence-electron chi connectivity index (χ1n) is 10.5. The summed E-state index contributed by atoms with van der Waals surface area (Å²) in [4.78, 5) is 20.3. The Bertz CT molecular complexity index is 1070. The van der Waals surface area contributed by atoms with Crippen molar-refractivity contribution in [1.29, 1.82) is 0 Å². The maximum atomic E-state index is 13.4. The average Bonchev–Trinajstić information content (AvgIpc) is 3.34. The van der Waals surface area contributed by atoms with Crippen LogP contribution in [0.5, 0.6) is 0 Å². The summed E-state index contributed by atoms with van der Waals surface area (Å²) in [5, 5.41) is 0.560. The minimum atomic E-state index is 0.0508. The molecule has 29 heavy (non-hydrogen) atoms. The number of hydrogen-bond donors (Lipinski definition) is 0. The van der Waals surface area contributed by atoms with Crippen molar-refractivity contribution < 1.29 is 4.79 Å². The van der Waals surface area contributed by atoms with E-state index >= 15 is 0 Å². The molecule has 2 aromatic heterocycles. The maximum absolute atomic E-state index is 13.4. The van der Waals surface area contributed by atoms with Gasteiger partial charge in [-0.25, -0.2) is 4.98 Å². The summed E-state index contributed by atoms with van der Waals surface area (Å²) in [6.07, 6.45) is 4.98. The van der Waals surface area contributed by atoms with E-state index in [0.29, 0.717) is 35.5 Å². The summed E-state index contributed by atoms with van der Waals surface area (Å²) in [6.45, 7) is 11.9. The van der Waals surface area contributed by atoms with E-state index in [9.17, 15) is 4.79 Å². The van der Waals surface area contributed by atoms with Gasteiger partial charge < -0.3 is 4.90 Å². The van der Waals surface area contributed by atoms with Gasteiger partial charge in [0.15, 0.2) is 0 Å². The van der Waals surface area contributed by atoms with Crippen molar-refractivity contribution in [2.75, 3.05) is 13.1 Å². The standard InChI is InChI=1S/C23H29ClN4O/c1-6-18-21(22(29)26(7-2)12-17-8-9-17)27-13-19(24)28(23(27)25-18)20-15(4)10-14(3)11-16(20)5/h10-11,13,17H,6-9,12H2,1-5H3. The Kier molecular flexibility index (Phi) is 5.19. The SMILES string of the molecule is CCc1nc2n(-c3c(C)cc(C)cc3C)c(Cl)cn2c1C(=O)N(CC)CC1CC1. The molecule has 0 atom stereocenters. The second kappa shape index (κ2) is 7.52. The van der Waals surface area contributed by atoms with Crippen molar-refractivity contribution >= 4 is 23.3 Å². The lowest BCUT2D eigenvalue weighted by molar-refractivity contribution is 0.0749.